The van der Waals surface area contributed by atoms with E-state index in [0.717, 1.165) is 77.6 Å². The summed E-state index contributed by atoms with van der Waals surface area (Å²) in [6, 6.07) is 11.1. The fourth-order valence-electron chi connectivity index (χ4n) is 3.34. The zero-order valence-corrected chi connectivity index (χ0v) is 21.3. The molecule has 1 aliphatic heterocycles. The van der Waals surface area contributed by atoms with Gasteiger partial charge in [0, 0.05) is 52.0 Å². The third-order valence-corrected chi connectivity index (χ3v) is 5.32. The Hall–Kier alpha value is -0.900. The molecule has 6 nitrogen and oxygen atoms in total. The Balaban J connectivity index is 0.00000450. The maximum Gasteiger partial charge on any atom is 0.191 e. The van der Waals surface area contributed by atoms with Crippen LogP contribution in [0, 0.1) is 0 Å². The van der Waals surface area contributed by atoms with Gasteiger partial charge in [-0.25, -0.2) is 0 Å². The summed E-state index contributed by atoms with van der Waals surface area (Å²) in [5.41, 5.74) is 1.35. The molecule has 0 amide bonds. The van der Waals surface area contributed by atoms with Gasteiger partial charge < -0.3 is 20.1 Å². The van der Waals surface area contributed by atoms with Gasteiger partial charge in [-0.1, -0.05) is 30.3 Å². The molecule has 30 heavy (non-hydrogen) atoms. The first-order chi connectivity index (χ1) is 14.2. The standard InChI is InChI=1S/C23H40N4O2.HI/c1-4-24-23(25-14-8-16-29-22-12-17-28-18-13-22)26-15-11-20(2)27(3)19-21-9-6-5-7-10-21;/h5-7,9-10,20,22H,4,8,11-19H2,1-3H3,(H2,24,25,26);1H. The van der Waals surface area contributed by atoms with Gasteiger partial charge in [-0.15, -0.1) is 24.0 Å². The van der Waals surface area contributed by atoms with E-state index in [2.05, 4.69) is 71.8 Å². The minimum atomic E-state index is 0. The molecule has 0 bridgehead atoms. The van der Waals surface area contributed by atoms with Crippen molar-refractivity contribution in [1.82, 2.24) is 15.5 Å². The number of benzene rings is 1. The van der Waals surface area contributed by atoms with Crippen molar-refractivity contribution in [3.8, 4) is 0 Å². The number of nitrogens with zero attached hydrogens (tertiary/aromatic N) is 2. The summed E-state index contributed by atoms with van der Waals surface area (Å²) >= 11 is 0. The first kappa shape index (κ1) is 27.1. The Kier molecular flexibility index (Phi) is 15.2. The SMILES string of the molecule is CCNC(=NCCCOC1CCOCC1)NCCC(C)N(C)Cc1ccccc1.I. The lowest BCUT2D eigenvalue weighted by Crippen LogP contribution is -2.40. The van der Waals surface area contributed by atoms with Crippen LogP contribution in [0.5, 0.6) is 0 Å². The van der Waals surface area contributed by atoms with E-state index in [0.29, 0.717) is 12.1 Å². The van der Waals surface area contributed by atoms with Gasteiger partial charge in [-0.3, -0.25) is 9.89 Å². The fourth-order valence-corrected chi connectivity index (χ4v) is 3.34. The zero-order valence-electron chi connectivity index (χ0n) is 18.9. The molecule has 1 unspecified atom stereocenters. The minimum absolute atomic E-state index is 0. The molecular weight excluding hydrogens is 491 g/mol. The van der Waals surface area contributed by atoms with Crippen molar-refractivity contribution < 1.29 is 9.47 Å². The smallest absolute Gasteiger partial charge is 0.191 e. The second-order valence-corrected chi connectivity index (χ2v) is 7.76. The first-order valence-corrected chi connectivity index (χ1v) is 11.1. The van der Waals surface area contributed by atoms with E-state index in [4.69, 9.17) is 9.47 Å². The largest absolute Gasteiger partial charge is 0.381 e. The van der Waals surface area contributed by atoms with Gasteiger partial charge in [0.1, 0.15) is 0 Å². The first-order valence-electron chi connectivity index (χ1n) is 11.1. The molecule has 1 aliphatic rings. The van der Waals surface area contributed by atoms with E-state index in [1.165, 1.54) is 5.56 Å². The van der Waals surface area contributed by atoms with E-state index < -0.39 is 0 Å². The molecule has 0 spiro atoms. The summed E-state index contributed by atoms with van der Waals surface area (Å²) in [6.45, 7) is 10.3. The maximum absolute atomic E-state index is 5.92. The third-order valence-electron chi connectivity index (χ3n) is 5.32. The highest BCUT2D eigenvalue weighted by Crippen LogP contribution is 2.10. The lowest BCUT2D eigenvalue weighted by Gasteiger charge is -2.25. The van der Waals surface area contributed by atoms with Crippen molar-refractivity contribution in [1.29, 1.82) is 0 Å². The van der Waals surface area contributed by atoms with Crippen LogP contribution in [0.3, 0.4) is 0 Å². The molecular formula is C23H41IN4O2. The van der Waals surface area contributed by atoms with Gasteiger partial charge in [0.25, 0.3) is 0 Å². The lowest BCUT2D eigenvalue weighted by molar-refractivity contribution is -0.0318. The molecule has 1 saturated heterocycles. The van der Waals surface area contributed by atoms with Gasteiger partial charge in [0.15, 0.2) is 5.96 Å². The van der Waals surface area contributed by atoms with Gasteiger partial charge in [-0.05, 0) is 52.1 Å². The van der Waals surface area contributed by atoms with Crippen molar-refractivity contribution in [3.63, 3.8) is 0 Å². The normalized spacial score (nSPS) is 16.2. The van der Waals surface area contributed by atoms with Crippen LogP contribution in [-0.4, -0.2) is 69.5 Å². The topological polar surface area (TPSA) is 58.1 Å². The Morgan fingerprint density at radius 2 is 1.97 bits per heavy atom. The number of ether oxygens (including phenoxy) is 2. The minimum Gasteiger partial charge on any atom is -0.381 e. The highest BCUT2D eigenvalue weighted by atomic mass is 127. The summed E-state index contributed by atoms with van der Waals surface area (Å²) in [6.07, 6.45) is 4.42. The molecule has 1 fully saturated rings. The van der Waals surface area contributed by atoms with Gasteiger partial charge >= 0.3 is 0 Å². The van der Waals surface area contributed by atoms with Gasteiger partial charge in [-0.2, -0.15) is 0 Å². The Labute approximate surface area is 200 Å². The Morgan fingerprint density at radius 1 is 1.23 bits per heavy atom. The molecule has 7 heteroatoms. The Bertz CT molecular complexity index is 568. The average Bonchev–Trinajstić information content (AvgIpc) is 2.74. The van der Waals surface area contributed by atoms with Crippen LogP contribution in [-0.2, 0) is 16.0 Å². The van der Waals surface area contributed by atoms with Crippen LogP contribution in [0.4, 0.5) is 0 Å². The summed E-state index contributed by atoms with van der Waals surface area (Å²) in [4.78, 5) is 7.08. The van der Waals surface area contributed by atoms with E-state index in [9.17, 15) is 0 Å². The maximum atomic E-state index is 5.92. The Morgan fingerprint density at radius 3 is 2.67 bits per heavy atom. The van der Waals surface area contributed by atoms with Crippen LogP contribution < -0.4 is 10.6 Å². The molecule has 2 N–H and O–H groups in total. The third kappa shape index (κ3) is 11.5. The van der Waals surface area contributed by atoms with E-state index in [1.54, 1.807) is 0 Å². The van der Waals surface area contributed by atoms with Crippen LogP contribution in [0.2, 0.25) is 0 Å². The molecule has 1 aromatic carbocycles. The van der Waals surface area contributed by atoms with E-state index in [1.807, 2.05) is 0 Å². The molecule has 2 rings (SSSR count). The predicted molar refractivity (Wildman–Crippen MR) is 136 cm³/mol. The van der Waals surface area contributed by atoms with Crippen molar-refractivity contribution in [3.05, 3.63) is 35.9 Å². The number of aliphatic imine (C=N–C) groups is 1. The summed E-state index contributed by atoms with van der Waals surface area (Å²) in [7, 11) is 2.19. The molecule has 0 radical (unpaired) electrons. The fraction of sp³-hybridized carbons (Fsp3) is 0.696. The van der Waals surface area contributed by atoms with Crippen LogP contribution in [0.1, 0.15) is 45.1 Å². The lowest BCUT2D eigenvalue weighted by atomic mass is 10.1. The number of hydrogen-bond donors (Lipinski definition) is 2. The molecule has 0 saturated carbocycles. The molecule has 0 aliphatic carbocycles. The van der Waals surface area contributed by atoms with Gasteiger partial charge in [0.05, 0.1) is 6.10 Å². The quantitative estimate of drug-likeness (QED) is 0.186. The molecule has 172 valence electrons. The number of rotatable bonds is 12. The average molecular weight is 533 g/mol. The number of guanidine groups is 1. The second kappa shape index (κ2) is 16.8. The zero-order chi connectivity index (χ0) is 20.7. The van der Waals surface area contributed by atoms with E-state index >= 15 is 0 Å². The number of nitrogens with one attached hydrogen (secondary N) is 2. The second-order valence-electron chi connectivity index (χ2n) is 7.76. The van der Waals surface area contributed by atoms with E-state index in [-0.39, 0.29) is 24.0 Å². The van der Waals surface area contributed by atoms with Crippen molar-refractivity contribution >= 4 is 29.9 Å². The highest BCUT2D eigenvalue weighted by molar-refractivity contribution is 14.0. The summed E-state index contributed by atoms with van der Waals surface area (Å²) in [5.74, 6) is 0.900. The van der Waals surface area contributed by atoms with Crippen molar-refractivity contribution in [2.45, 2.75) is 58.2 Å². The van der Waals surface area contributed by atoms with Gasteiger partial charge in [0.2, 0.25) is 0 Å². The van der Waals surface area contributed by atoms with Crippen LogP contribution in [0.15, 0.2) is 35.3 Å². The molecule has 1 heterocycles. The van der Waals surface area contributed by atoms with Crippen molar-refractivity contribution in [2.75, 3.05) is 46.5 Å². The monoisotopic (exact) mass is 532 g/mol. The summed E-state index contributed by atoms with van der Waals surface area (Å²) in [5, 5.41) is 6.80. The molecule has 1 atom stereocenters. The summed E-state index contributed by atoms with van der Waals surface area (Å²) < 4.78 is 11.3. The van der Waals surface area contributed by atoms with Crippen LogP contribution in [0.25, 0.3) is 0 Å². The molecule has 0 aromatic heterocycles. The van der Waals surface area contributed by atoms with Crippen LogP contribution >= 0.6 is 24.0 Å². The number of halogens is 1. The molecule has 1 aromatic rings. The number of hydrogen-bond acceptors (Lipinski definition) is 4. The predicted octanol–water partition coefficient (Wildman–Crippen LogP) is 3.66. The van der Waals surface area contributed by atoms with Crippen molar-refractivity contribution in [2.24, 2.45) is 4.99 Å². The highest BCUT2D eigenvalue weighted by Gasteiger charge is 2.13.